The number of aromatic amines is 2. The molecule has 6 atom stereocenters. The van der Waals surface area contributed by atoms with E-state index in [2.05, 4.69) is 60.1 Å². The average Bonchev–Trinajstić information content (AvgIpc) is 1.72. The van der Waals surface area contributed by atoms with Gasteiger partial charge in [-0.3, -0.25) is 38.8 Å². The smallest absolute Gasteiger partial charge is 0.251 e. The molecule has 8 heterocycles. The van der Waals surface area contributed by atoms with Gasteiger partial charge in [0.05, 0.1) is 49.3 Å². The van der Waals surface area contributed by atoms with Gasteiger partial charge in [0.2, 0.25) is 11.8 Å². The number of pyridine rings is 2. The van der Waals surface area contributed by atoms with Gasteiger partial charge in [-0.25, -0.2) is 8.78 Å². The SMILES string of the molecule is C[C@@H]1CN(CC(=O)N2CC(C)(C)c3[nH]c(=O)c(Cc4ccc(F)cc4)cc32)[C@@H](CN2CCO[C@H](COc3cc(C#N)cc(OC[C@@H]4CN(C[C@H]5CN[C@H](C)CN5CC(=O)N5CC(C)(C)c6[nH]c(=O)c(Cc7ccc(F)cc7)cc65)CCO4)c3)C2)CN1. The zero-order chi connectivity index (χ0) is 60.4. The second-order valence-electron chi connectivity index (χ2n) is 25.8. The summed E-state index contributed by atoms with van der Waals surface area (Å²) in [6.45, 7) is 22.1. The van der Waals surface area contributed by atoms with Gasteiger partial charge < -0.3 is 49.3 Å². The molecule has 6 aliphatic heterocycles. The van der Waals surface area contributed by atoms with E-state index in [0.717, 1.165) is 35.6 Å². The van der Waals surface area contributed by atoms with Gasteiger partial charge >= 0.3 is 0 Å². The van der Waals surface area contributed by atoms with E-state index in [1.807, 2.05) is 49.6 Å². The highest BCUT2D eigenvalue weighted by atomic mass is 19.1. The van der Waals surface area contributed by atoms with Gasteiger partial charge in [0, 0.05) is 155 Å². The summed E-state index contributed by atoms with van der Waals surface area (Å²) in [4.78, 5) is 74.6. The summed E-state index contributed by atoms with van der Waals surface area (Å²) in [5, 5.41) is 17.3. The van der Waals surface area contributed by atoms with Gasteiger partial charge in [-0.1, -0.05) is 52.0 Å². The number of nitrogens with one attached hydrogen (secondary N) is 4. The summed E-state index contributed by atoms with van der Waals surface area (Å²) in [5.74, 6) is 0.239. The number of halogens is 2. The Morgan fingerprint density at radius 2 is 1.05 bits per heavy atom. The summed E-state index contributed by atoms with van der Waals surface area (Å²) >= 11 is 0. The molecule has 19 nitrogen and oxygen atoms in total. The highest BCUT2D eigenvalue weighted by Gasteiger charge is 2.43. The van der Waals surface area contributed by atoms with E-state index in [4.69, 9.17) is 18.9 Å². The lowest BCUT2D eigenvalue weighted by molar-refractivity contribution is -0.121. The number of aromatic nitrogens is 2. The number of carbonyl (C=O) groups is 2. The molecule has 4 saturated heterocycles. The van der Waals surface area contributed by atoms with Crippen LogP contribution in [0, 0.1) is 23.0 Å². The number of hydrogen-bond donors (Lipinski definition) is 4. The van der Waals surface area contributed by atoms with Crippen molar-refractivity contribution >= 4 is 23.2 Å². The first-order valence-corrected chi connectivity index (χ1v) is 30.3. The van der Waals surface area contributed by atoms with E-state index in [0.29, 0.717) is 131 Å². The maximum absolute atomic E-state index is 14.4. The number of morpholine rings is 2. The van der Waals surface area contributed by atoms with Crippen LogP contribution < -0.4 is 41.0 Å². The lowest BCUT2D eigenvalue weighted by Crippen LogP contribution is -2.61. The largest absolute Gasteiger partial charge is 0.491 e. The number of nitrogens with zero attached hydrogens (tertiary/aromatic N) is 7. The maximum atomic E-state index is 14.4. The molecule has 4 N–H and O–H groups in total. The molecule has 3 aromatic carbocycles. The standard InChI is InChI=1S/C65H81F2N11O8/c1-41-29-75(35-58(79)77-39-64(3,4)60-56(77)23-46(62(81)71-60)19-43-7-11-48(66)12-8-43)50(27-69-41)31-73-15-17-83-54(33-73)37-85-52-21-45(26-68)22-53(25-52)86-38-55-34-74(16-18-84-55)32-51-28-70-42(2)30-76(51)36-59(80)78-40-65(5,6)61-57(78)24-47(63(82)72-61)20-44-9-13-49(67)14-10-44/h7-14,21-25,41-42,50-51,54-55,69-70H,15-20,27-40H2,1-6H3,(H,71,81)(H,72,82)/t41-,42-,50-,51-,54+,55+/m1/s1. The van der Waals surface area contributed by atoms with Crippen LogP contribution in [0.2, 0.25) is 0 Å². The zero-order valence-corrected chi connectivity index (χ0v) is 50.3. The molecule has 21 heteroatoms. The number of fused-ring (bicyclic) bond motifs is 2. The third-order valence-electron chi connectivity index (χ3n) is 17.8. The Morgan fingerprint density at radius 3 is 1.45 bits per heavy atom. The second-order valence-corrected chi connectivity index (χ2v) is 25.8. The predicted octanol–water partition coefficient (Wildman–Crippen LogP) is 4.53. The number of rotatable bonds is 18. The van der Waals surface area contributed by atoms with E-state index in [1.54, 1.807) is 42.5 Å². The Kier molecular flexibility index (Phi) is 18.3. The molecule has 5 aromatic rings. The van der Waals surface area contributed by atoms with Gasteiger partial charge in [-0.05, 0) is 73.5 Å². The van der Waals surface area contributed by atoms with Crippen LogP contribution in [0.3, 0.4) is 0 Å². The molecule has 0 radical (unpaired) electrons. The molecule has 458 valence electrons. The number of amides is 2. The fraction of sp³-hybridized carbons (Fsp3) is 0.523. The average molecular weight is 1180 g/mol. The Hall–Kier alpha value is -6.87. The number of ether oxygens (including phenoxy) is 4. The summed E-state index contributed by atoms with van der Waals surface area (Å²) in [7, 11) is 0. The van der Waals surface area contributed by atoms with Crippen molar-refractivity contribution in [2.75, 3.05) is 128 Å². The number of piperazine rings is 2. The summed E-state index contributed by atoms with van der Waals surface area (Å²) < 4.78 is 52.5. The van der Waals surface area contributed by atoms with Crippen molar-refractivity contribution in [2.45, 2.75) is 102 Å². The normalized spacial score (nSPS) is 24.3. The molecule has 2 amide bonds. The molecule has 11 rings (SSSR count). The Labute approximate surface area is 501 Å². The van der Waals surface area contributed by atoms with Crippen molar-refractivity contribution < 1.29 is 37.3 Å². The Morgan fingerprint density at radius 1 is 0.628 bits per heavy atom. The van der Waals surface area contributed by atoms with Gasteiger partial charge in [0.25, 0.3) is 11.1 Å². The van der Waals surface area contributed by atoms with Crippen LogP contribution in [-0.2, 0) is 42.7 Å². The number of anilines is 2. The molecule has 0 spiro atoms. The van der Waals surface area contributed by atoms with E-state index in [-0.39, 0.29) is 97.2 Å². The van der Waals surface area contributed by atoms with Crippen LogP contribution in [0.15, 0.2) is 88.5 Å². The molecule has 0 saturated carbocycles. The monoisotopic (exact) mass is 1180 g/mol. The molecular formula is C65H81F2N11O8. The first kappa shape index (κ1) is 60.8. The zero-order valence-electron chi connectivity index (χ0n) is 50.3. The molecule has 0 unspecified atom stereocenters. The maximum Gasteiger partial charge on any atom is 0.251 e. The molecule has 6 aliphatic rings. The van der Waals surface area contributed by atoms with E-state index in [1.165, 1.54) is 24.3 Å². The topological polar surface area (TPSA) is 204 Å². The number of hydrogen-bond acceptors (Lipinski definition) is 15. The lowest BCUT2D eigenvalue weighted by Gasteiger charge is -2.43. The Balaban J connectivity index is 0.668. The molecule has 2 aromatic heterocycles. The fourth-order valence-electron chi connectivity index (χ4n) is 13.3. The minimum atomic E-state index is -0.460. The van der Waals surface area contributed by atoms with Crippen molar-refractivity contribution in [3.63, 3.8) is 0 Å². The molecule has 0 aliphatic carbocycles. The van der Waals surface area contributed by atoms with Crippen LogP contribution >= 0.6 is 0 Å². The molecule has 4 fully saturated rings. The number of H-pyrrole nitrogens is 2. The minimum absolute atomic E-state index is 0.0328. The summed E-state index contributed by atoms with van der Waals surface area (Å²) in [6, 6.07) is 23.8. The predicted molar refractivity (Wildman–Crippen MR) is 323 cm³/mol. The molecule has 86 heavy (non-hydrogen) atoms. The van der Waals surface area contributed by atoms with Crippen molar-refractivity contribution in [3.05, 3.63) is 150 Å². The highest BCUT2D eigenvalue weighted by Crippen LogP contribution is 2.41. The van der Waals surface area contributed by atoms with E-state index < -0.39 is 10.8 Å². The van der Waals surface area contributed by atoms with Crippen LogP contribution in [0.1, 0.15) is 80.7 Å². The number of benzene rings is 3. The number of nitriles is 1. The number of carbonyl (C=O) groups excluding carboxylic acids is 2. The first-order valence-electron chi connectivity index (χ1n) is 30.3. The van der Waals surface area contributed by atoms with Crippen molar-refractivity contribution in [1.82, 2.24) is 40.2 Å². The first-order chi connectivity index (χ1) is 41.2. The quantitative estimate of drug-likeness (QED) is 0.0953. The minimum Gasteiger partial charge on any atom is -0.491 e. The van der Waals surface area contributed by atoms with Crippen molar-refractivity contribution in [2.24, 2.45) is 0 Å². The summed E-state index contributed by atoms with van der Waals surface area (Å²) in [5.41, 5.74) is 4.62. The lowest BCUT2D eigenvalue weighted by atomic mass is 9.91. The van der Waals surface area contributed by atoms with Crippen LogP contribution in [0.5, 0.6) is 11.5 Å². The second kappa shape index (κ2) is 25.8. The third kappa shape index (κ3) is 14.2. The van der Waals surface area contributed by atoms with Crippen LogP contribution in [-0.4, -0.2) is 196 Å². The fourth-order valence-corrected chi connectivity index (χ4v) is 13.3. The van der Waals surface area contributed by atoms with E-state index >= 15 is 0 Å². The highest BCUT2D eigenvalue weighted by molar-refractivity contribution is 5.98. The van der Waals surface area contributed by atoms with Crippen LogP contribution in [0.4, 0.5) is 20.2 Å². The van der Waals surface area contributed by atoms with Crippen LogP contribution in [0.25, 0.3) is 0 Å². The van der Waals surface area contributed by atoms with Crippen molar-refractivity contribution in [1.29, 1.82) is 5.26 Å². The third-order valence-corrected chi connectivity index (χ3v) is 17.8. The molecular weight excluding hydrogens is 1100 g/mol. The van der Waals surface area contributed by atoms with Gasteiger partial charge in [0.15, 0.2) is 0 Å². The molecule has 0 bridgehead atoms. The van der Waals surface area contributed by atoms with E-state index in [9.17, 15) is 33.2 Å². The van der Waals surface area contributed by atoms with Gasteiger partial charge in [-0.15, -0.1) is 0 Å². The van der Waals surface area contributed by atoms with Gasteiger partial charge in [0.1, 0.15) is 48.6 Å². The Bertz CT molecular complexity index is 3210. The van der Waals surface area contributed by atoms with Crippen molar-refractivity contribution in [3.8, 4) is 17.6 Å². The summed E-state index contributed by atoms with van der Waals surface area (Å²) in [6.07, 6.45) is 0.133. The van der Waals surface area contributed by atoms with Gasteiger partial charge in [-0.2, -0.15) is 5.26 Å².